The predicted molar refractivity (Wildman–Crippen MR) is 285 cm³/mol. The molecule has 0 aliphatic carbocycles. The Bertz CT molecular complexity index is 3450. The molecule has 11 rings (SSSR count). The van der Waals surface area contributed by atoms with Crippen LogP contribution in [0.15, 0.2) is 244 Å². The van der Waals surface area contributed by atoms with Gasteiger partial charge in [0.05, 0.1) is 27.8 Å². The summed E-state index contributed by atoms with van der Waals surface area (Å²) in [6.07, 6.45) is 1.69. The van der Waals surface area contributed by atoms with Crippen molar-refractivity contribution in [2.45, 2.75) is 20.8 Å². The van der Waals surface area contributed by atoms with Gasteiger partial charge in [0.15, 0.2) is 0 Å². The quantitative estimate of drug-likeness (QED) is 0.122. The van der Waals surface area contributed by atoms with Crippen LogP contribution in [-0.4, -0.2) is 14.8 Å². The zero-order chi connectivity index (χ0) is 46.0. The number of para-hydroxylation sites is 3. The van der Waals surface area contributed by atoms with Gasteiger partial charge in [-0.2, -0.15) is 0 Å². The highest BCUT2D eigenvalue weighted by atomic mass is 15.0. The first-order valence-corrected chi connectivity index (χ1v) is 22.5. The number of allylic oxidation sites excluding steroid dienone is 1. The summed E-state index contributed by atoms with van der Waals surface area (Å²) in [4.78, 5) is 0. The van der Waals surface area contributed by atoms with Crippen molar-refractivity contribution in [3.63, 3.8) is 0 Å². The fourth-order valence-corrected chi connectivity index (χ4v) is 8.66. The third-order valence-corrected chi connectivity index (χ3v) is 11.6. The average Bonchev–Trinajstić information content (AvgIpc) is 3.91. The molecule has 0 saturated carbocycles. The zero-order valence-electron chi connectivity index (χ0n) is 37.8. The van der Waals surface area contributed by atoms with Gasteiger partial charge in [-0.15, -0.1) is 13.2 Å². The lowest BCUT2D eigenvalue weighted by Gasteiger charge is -2.11. The Morgan fingerprint density at radius 3 is 1.36 bits per heavy atom. The third kappa shape index (κ3) is 8.99. The van der Waals surface area contributed by atoms with E-state index in [4.69, 9.17) is 11.1 Å². The molecule has 0 atom stereocenters. The largest absolute Gasteiger partial charge is 0.398 e. The Hall–Kier alpha value is -8.47. The summed E-state index contributed by atoms with van der Waals surface area (Å²) in [6, 6.07) is 78.9. The first-order valence-electron chi connectivity index (χ1n) is 22.5. The van der Waals surface area contributed by atoms with E-state index in [-0.39, 0.29) is 0 Å². The van der Waals surface area contributed by atoms with Gasteiger partial charge in [-0.3, -0.25) is 0 Å². The monoisotopic (exact) mass is 854 g/mol. The number of nitrogens with one attached hydrogen (secondary N) is 1. The van der Waals surface area contributed by atoms with Crippen LogP contribution in [0.3, 0.4) is 0 Å². The summed E-state index contributed by atoms with van der Waals surface area (Å²) in [5, 5.41) is 13.0. The van der Waals surface area contributed by atoms with Crippen molar-refractivity contribution in [1.29, 1.82) is 5.41 Å². The number of aryl methyl sites for hydroxylation is 1. The van der Waals surface area contributed by atoms with Crippen molar-refractivity contribution in [3.8, 4) is 33.6 Å². The Morgan fingerprint density at radius 1 is 0.409 bits per heavy atom. The Labute approximate surface area is 388 Å². The van der Waals surface area contributed by atoms with Gasteiger partial charge in [-0.25, -0.2) is 0 Å². The second-order valence-corrected chi connectivity index (χ2v) is 15.7. The molecule has 0 aliphatic rings. The molecule has 11 aromatic rings. The predicted octanol–water partition coefficient (Wildman–Crippen LogP) is 16.4. The zero-order valence-corrected chi connectivity index (χ0v) is 37.8. The maximum absolute atomic E-state index is 7.95. The molecule has 0 bridgehead atoms. The van der Waals surface area contributed by atoms with E-state index in [1.54, 1.807) is 6.08 Å². The maximum Gasteiger partial charge on any atom is 0.0632 e. The minimum atomic E-state index is 0.423. The van der Waals surface area contributed by atoms with Crippen LogP contribution < -0.4 is 5.73 Å². The van der Waals surface area contributed by atoms with Crippen molar-refractivity contribution in [3.05, 3.63) is 260 Å². The van der Waals surface area contributed by atoms with E-state index in [0.29, 0.717) is 11.4 Å². The van der Waals surface area contributed by atoms with E-state index in [9.17, 15) is 0 Å². The summed E-state index contributed by atoms with van der Waals surface area (Å²) in [6.45, 7) is 12.1. The van der Waals surface area contributed by atoms with E-state index >= 15 is 0 Å². The smallest absolute Gasteiger partial charge is 0.0632 e. The summed E-state index contributed by atoms with van der Waals surface area (Å²) < 4.78 is 4.78. The standard InChI is InChI=1S/C43H30N2.C15H14N2.C2H6.C2H4/c1-29-11-9-12-30(25-29)31-13-10-16-35(26-31)45-41-20-8-6-18-37(41)39-28-33(22-24-43(39)45)32-21-23-42-38(27-32)36-17-5-7-19-40(36)44(42)34-14-3-2-4-15-34;16-14(12-7-3-1-4-8-12)11-15(17)13-9-5-2-6-10-13;2*1-2/h2-28H,1H3;1-11,16H,17H2;1-2H3;1-2H2/b;15-11-,16-14?;;. The van der Waals surface area contributed by atoms with Gasteiger partial charge < -0.3 is 20.3 Å². The average molecular weight is 855 g/mol. The molecule has 0 spiro atoms. The number of fused-ring (bicyclic) bond motifs is 6. The van der Waals surface area contributed by atoms with Crippen LogP contribution in [0.25, 0.3) is 82.9 Å². The summed E-state index contributed by atoms with van der Waals surface area (Å²) in [5.74, 6) is 0. The number of benzene rings is 9. The third-order valence-electron chi connectivity index (χ3n) is 11.6. The van der Waals surface area contributed by atoms with Crippen LogP contribution in [0.1, 0.15) is 30.5 Å². The van der Waals surface area contributed by atoms with Crippen LogP contribution in [0.4, 0.5) is 0 Å². The number of nitrogens with zero attached hydrogens (tertiary/aromatic N) is 2. The van der Waals surface area contributed by atoms with Gasteiger partial charge in [0.2, 0.25) is 0 Å². The van der Waals surface area contributed by atoms with E-state index < -0.39 is 0 Å². The molecule has 0 aliphatic heterocycles. The SMILES string of the molecule is C=C.CC.Cc1cccc(-c2cccc(-n3c4ccccc4c4cc(-c5ccc6c(c5)c5ccccc5n6-c5ccccc5)ccc43)c2)c1.N=C(/C=C(\N)c1ccccc1)c1ccccc1. The summed E-state index contributed by atoms with van der Waals surface area (Å²) >= 11 is 0. The minimum absolute atomic E-state index is 0.423. The molecule has 322 valence electrons. The van der Waals surface area contributed by atoms with Crippen LogP contribution in [0.2, 0.25) is 0 Å². The number of hydrogen-bond acceptors (Lipinski definition) is 2. The lowest BCUT2D eigenvalue weighted by atomic mass is 10.0. The van der Waals surface area contributed by atoms with Crippen molar-refractivity contribution in [1.82, 2.24) is 9.13 Å². The molecule has 4 heteroatoms. The van der Waals surface area contributed by atoms with Gasteiger partial charge in [0.1, 0.15) is 0 Å². The van der Waals surface area contributed by atoms with E-state index in [1.807, 2.05) is 74.5 Å². The molecule has 3 N–H and O–H groups in total. The number of nitrogens with two attached hydrogens (primary N) is 1. The number of aromatic nitrogens is 2. The van der Waals surface area contributed by atoms with Crippen molar-refractivity contribution < 1.29 is 0 Å². The molecule has 0 amide bonds. The fraction of sp³-hybridized carbons (Fsp3) is 0.0484. The van der Waals surface area contributed by atoms with Crippen molar-refractivity contribution in [2.24, 2.45) is 5.73 Å². The molecule has 4 nitrogen and oxygen atoms in total. The number of rotatable bonds is 7. The Morgan fingerprint density at radius 2 is 0.818 bits per heavy atom. The fourth-order valence-electron chi connectivity index (χ4n) is 8.66. The van der Waals surface area contributed by atoms with Crippen molar-refractivity contribution in [2.75, 3.05) is 0 Å². The maximum atomic E-state index is 7.95. The Kier molecular flexibility index (Phi) is 13.6. The highest BCUT2D eigenvalue weighted by Gasteiger charge is 2.16. The normalized spacial score (nSPS) is 11.0. The molecule has 0 fully saturated rings. The second-order valence-electron chi connectivity index (χ2n) is 15.7. The summed E-state index contributed by atoms with van der Waals surface area (Å²) in [5.41, 5.74) is 22.2. The molecule has 66 heavy (non-hydrogen) atoms. The van der Waals surface area contributed by atoms with Gasteiger partial charge in [-0.1, -0.05) is 183 Å². The topological polar surface area (TPSA) is 59.7 Å². The van der Waals surface area contributed by atoms with Gasteiger partial charge >= 0.3 is 0 Å². The first-order chi connectivity index (χ1) is 32.5. The van der Waals surface area contributed by atoms with Crippen molar-refractivity contribution >= 4 is 55.0 Å². The molecule has 0 radical (unpaired) electrons. The number of hydrogen-bond donors (Lipinski definition) is 2. The first kappa shape index (κ1) is 44.1. The second kappa shape index (κ2) is 20.4. The lowest BCUT2D eigenvalue weighted by Crippen LogP contribution is -2.02. The molecular weight excluding hydrogens is 801 g/mol. The molecular formula is C62H54N4. The van der Waals surface area contributed by atoms with Gasteiger partial charge in [0, 0.05) is 38.6 Å². The van der Waals surface area contributed by atoms with E-state index in [0.717, 1.165) is 11.1 Å². The molecule has 0 saturated heterocycles. The summed E-state index contributed by atoms with van der Waals surface area (Å²) in [7, 11) is 0. The lowest BCUT2D eigenvalue weighted by molar-refractivity contribution is 1.18. The van der Waals surface area contributed by atoms with Crippen LogP contribution in [0, 0.1) is 12.3 Å². The molecule has 2 heterocycles. The van der Waals surface area contributed by atoms with Gasteiger partial charge in [0.25, 0.3) is 0 Å². The van der Waals surface area contributed by atoms with E-state index in [1.165, 1.54) is 82.8 Å². The van der Waals surface area contributed by atoms with Crippen LogP contribution in [-0.2, 0) is 0 Å². The van der Waals surface area contributed by atoms with E-state index in [2.05, 4.69) is 193 Å². The highest BCUT2D eigenvalue weighted by Crippen LogP contribution is 2.38. The Balaban J connectivity index is 0.000000237. The molecule has 2 aromatic heterocycles. The van der Waals surface area contributed by atoms with Crippen LogP contribution >= 0.6 is 0 Å². The molecule has 9 aromatic carbocycles. The van der Waals surface area contributed by atoms with Crippen LogP contribution in [0.5, 0.6) is 0 Å². The van der Waals surface area contributed by atoms with Gasteiger partial charge in [-0.05, 0) is 107 Å². The minimum Gasteiger partial charge on any atom is -0.398 e. The molecule has 0 unspecified atom stereocenters. The highest BCUT2D eigenvalue weighted by molar-refractivity contribution is 6.13.